The molecule has 1 aromatic carbocycles. The molecular weight excluding hydrogens is 321 g/mol. The lowest BCUT2D eigenvalue weighted by atomic mass is 10.2. The number of carbonyl (C=O) groups excluding carboxylic acids is 1. The molecule has 0 atom stereocenters. The van der Waals surface area contributed by atoms with Gasteiger partial charge in [0.15, 0.2) is 0 Å². The number of nitrogens with zero attached hydrogens (tertiary/aromatic N) is 2. The van der Waals surface area contributed by atoms with E-state index in [4.69, 9.17) is 16.3 Å². The van der Waals surface area contributed by atoms with Crippen LogP contribution >= 0.6 is 11.6 Å². The lowest BCUT2D eigenvalue weighted by molar-refractivity contribution is 0.102. The van der Waals surface area contributed by atoms with Gasteiger partial charge in [0, 0.05) is 13.1 Å². The number of carbonyl (C=O) groups is 1. The highest BCUT2D eigenvalue weighted by Crippen LogP contribution is 2.21. The van der Waals surface area contributed by atoms with Crippen LogP contribution in [0.4, 0.5) is 15.9 Å². The highest BCUT2D eigenvalue weighted by atomic mass is 35.5. The number of ether oxygens (including phenoxy) is 1. The lowest BCUT2D eigenvalue weighted by Crippen LogP contribution is -2.36. The van der Waals surface area contributed by atoms with E-state index < -0.39 is 11.7 Å². The fourth-order valence-corrected chi connectivity index (χ4v) is 2.61. The molecule has 0 unspecified atom stereocenters. The molecule has 1 fully saturated rings. The van der Waals surface area contributed by atoms with Gasteiger partial charge < -0.3 is 15.0 Å². The summed E-state index contributed by atoms with van der Waals surface area (Å²) in [4.78, 5) is 18.5. The van der Waals surface area contributed by atoms with Crippen molar-refractivity contribution in [1.82, 2.24) is 4.98 Å². The van der Waals surface area contributed by atoms with Crippen LogP contribution in [0.5, 0.6) is 0 Å². The molecule has 0 saturated carbocycles. The molecule has 0 spiro atoms. The zero-order valence-corrected chi connectivity index (χ0v) is 13.0. The molecule has 3 rings (SSSR count). The van der Waals surface area contributed by atoms with Gasteiger partial charge in [0.05, 0.1) is 35.7 Å². The predicted molar refractivity (Wildman–Crippen MR) is 86.6 cm³/mol. The Morgan fingerprint density at radius 3 is 2.70 bits per heavy atom. The summed E-state index contributed by atoms with van der Waals surface area (Å²) in [7, 11) is 0. The van der Waals surface area contributed by atoms with Crippen molar-refractivity contribution in [3.63, 3.8) is 0 Å². The number of amides is 1. The first-order valence-electron chi connectivity index (χ1n) is 7.19. The van der Waals surface area contributed by atoms with Gasteiger partial charge in [-0.25, -0.2) is 9.37 Å². The summed E-state index contributed by atoms with van der Waals surface area (Å²) in [6.07, 6.45) is 1.67. The van der Waals surface area contributed by atoms with Gasteiger partial charge >= 0.3 is 0 Å². The minimum Gasteiger partial charge on any atom is -0.378 e. The molecule has 0 radical (unpaired) electrons. The standard InChI is InChI=1S/C16H15ClFN3O2/c17-12-2-1-3-13(18)15(12)16(22)20-14-5-4-11(10-19-14)21-6-8-23-9-7-21/h1-5,10H,6-9H2,(H,19,20,22). The number of aromatic nitrogens is 1. The van der Waals surface area contributed by atoms with Crippen LogP contribution in [0.3, 0.4) is 0 Å². The fraction of sp³-hybridized carbons (Fsp3) is 0.250. The molecule has 5 nitrogen and oxygen atoms in total. The molecule has 1 N–H and O–H groups in total. The molecule has 7 heteroatoms. The predicted octanol–water partition coefficient (Wildman–Crippen LogP) is 2.96. The van der Waals surface area contributed by atoms with E-state index in [-0.39, 0.29) is 10.6 Å². The highest BCUT2D eigenvalue weighted by molar-refractivity contribution is 6.34. The quantitative estimate of drug-likeness (QED) is 0.937. The Labute approximate surface area is 138 Å². The molecule has 1 saturated heterocycles. The zero-order chi connectivity index (χ0) is 16.2. The van der Waals surface area contributed by atoms with E-state index in [0.29, 0.717) is 19.0 Å². The minimum atomic E-state index is -0.667. The third-order valence-electron chi connectivity index (χ3n) is 3.56. The number of anilines is 2. The third kappa shape index (κ3) is 3.60. The second kappa shape index (κ2) is 6.93. The molecule has 0 aliphatic carbocycles. The van der Waals surface area contributed by atoms with E-state index in [1.165, 1.54) is 18.2 Å². The van der Waals surface area contributed by atoms with Crippen LogP contribution in [-0.4, -0.2) is 37.2 Å². The Bertz CT molecular complexity index is 683. The molecule has 23 heavy (non-hydrogen) atoms. The molecule has 1 aliphatic rings. The van der Waals surface area contributed by atoms with Crippen molar-refractivity contribution in [2.45, 2.75) is 0 Å². The zero-order valence-electron chi connectivity index (χ0n) is 12.3. The molecular formula is C16H15ClFN3O2. The van der Waals surface area contributed by atoms with E-state index in [2.05, 4.69) is 15.2 Å². The number of nitrogens with one attached hydrogen (secondary N) is 1. The first kappa shape index (κ1) is 15.7. The van der Waals surface area contributed by atoms with Crippen molar-refractivity contribution in [3.8, 4) is 0 Å². The normalized spacial score (nSPS) is 14.6. The molecule has 0 bridgehead atoms. The van der Waals surface area contributed by atoms with Gasteiger partial charge in [0.1, 0.15) is 11.6 Å². The van der Waals surface area contributed by atoms with Crippen LogP contribution in [-0.2, 0) is 4.74 Å². The van der Waals surface area contributed by atoms with Crippen molar-refractivity contribution >= 4 is 29.0 Å². The Morgan fingerprint density at radius 2 is 2.04 bits per heavy atom. The van der Waals surface area contributed by atoms with Crippen LogP contribution < -0.4 is 10.2 Å². The van der Waals surface area contributed by atoms with Crippen LogP contribution in [0.2, 0.25) is 5.02 Å². The maximum Gasteiger partial charge on any atom is 0.261 e. The number of morpholine rings is 1. The summed E-state index contributed by atoms with van der Waals surface area (Å²) >= 11 is 5.88. The van der Waals surface area contributed by atoms with Gasteiger partial charge in [-0.05, 0) is 24.3 Å². The number of rotatable bonds is 3. The highest BCUT2D eigenvalue weighted by Gasteiger charge is 2.17. The number of halogens is 2. The fourth-order valence-electron chi connectivity index (χ4n) is 2.36. The number of hydrogen-bond donors (Lipinski definition) is 1. The average molecular weight is 336 g/mol. The van der Waals surface area contributed by atoms with Crippen molar-refractivity contribution in [2.24, 2.45) is 0 Å². The van der Waals surface area contributed by atoms with E-state index in [1.54, 1.807) is 12.3 Å². The van der Waals surface area contributed by atoms with E-state index in [9.17, 15) is 9.18 Å². The van der Waals surface area contributed by atoms with E-state index >= 15 is 0 Å². The first-order chi connectivity index (χ1) is 11.1. The van der Waals surface area contributed by atoms with Gasteiger partial charge in [-0.1, -0.05) is 17.7 Å². The lowest BCUT2D eigenvalue weighted by Gasteiger charge is -2.28. The van der Waals surface area contributed by atoms with Crippen LogP contribution in [0.15, 0.2) is 36.5 Å². The smallest absolute Gasteiger partial charge is 0.261 e. The molecule has 1 amide bonds. The molecule has 2 heterocycles. The van der Waals surface area contributed by atoms with Crippen molar-refractivity contribution < 1.29 is 13.9 Å². The summed E-state index contributed by atoms with van der Waals surface area (Å²) in [5.74, 6) is -0.953. The largest absolute Gasteiger partial charge is 0.378 e. The Morgan fingerprint density at radius 1 is 1.26 bits per heavy atom. The van der Waals surface area contributed by atoms with Gasteiger partial charge in [-0.2, -0.15) is 0 Å². The summed E-state index contributed by atoms with van der Waals surface area (Å²) in [6, 6.07) is 7.64. The van der Waals surface area contributed by atoms with E-state index in [1.807, 2.05) is 6.07 Å². The monoisotopic (exact) mass is 335 g/mol. The second-order valence-electron chi connectivity index (χ2n) is 5.05. The third-order valence-corrected chi connectivity index (χ3v) is 3.87. The maximum atomic E-state index is 13.7. The van der Waals surface area contributed by atoms with Crippen molar-refractivity contribution in [2.75, 3.05) is 36.5 Å². The molecule has 120 valence electrons. The first-order valence-corrected chi connectivity index (χ1v) is 7.57. The van der Waals surface area contributed by atoms with E-state index in [0.717, 1.165) is 18.8 Å². The van der Waals surface area contributed by atoms with Crippen LogP contribution in [0, 0.1) is 5.82 Å². The Hall–Kier alpha value is -2.18. The van der Waals surface area contributed by atoms with Gasteiger partial charge in [0.2, 0.25) is 0 Å². The Kier molecular flexibility index (Phi) is 4.73. The summed E-state index contributed by atoms with van der Waals surface area (Å²) < 4.78 is 19.0. The average Bonchev–Trinajstić information content (AvgIpc) is 2.56. The van der Waals surface area contributed by atoms with Gasteiger partial charge in [0.25, 0.3) is 5.91 Å². The summed E-state index contributed by atoms with van der Waals surface area (Å²) in [5.41, 5.74) is 0.767. The summed E-state index contributed by atoms with van der Waals surface area (Å²) in [6.45, 7) is 2.98. The van der Waals surface area contributed by atoms with Crippen molar-refractivity contribution in [3.05, 3.63) is 52.9 Å². The molecule has 1 aromatic heterocycles. The minimum absolute atomic E-state index is 0.0624. The number of benzene rings is 1. The number of hydrogen-bond acceptors (Lipinski definition) is 4. The Balaban J connectivity index is 1.72. The van der Waals surface area contributed by atoms with Crippen LogP contribution in [0.25, 0.3) is 0 Å². The topological polar surface area (TPSA) is 54.5 Å². The number of pyridine rings is 1. The van der Waals surface area contributed by atoms with Gasteiger partial charge in [-0.15, -0.1) is 0 Å². The maximum absolute atomic E-state index is 13.7. The van der Waals surface area contributed by atoms with Crippen LogP contribution in [0.1, 0.15) is 10.4 Å². The van der Waals surface area contributed by atoms with Gasteiger partial charge in [-0.3, -0.25) is 4.79 Å². The molecule has 1 aliphatic heterocycles. The SMILES string of the molecule is O=C(Nc1ccc(N2CCOCC2)cn1)c1c(F)cccc1Cl. The van der Waals surface area contributed by atoms with Crippen molar-refractivity contribution in [1.29, 1.82) is 0 Å². The summed E-state index contributed by atoms with van der Waals surface area (Å²) in [5, 5.41) is 2.61. The second-order valence-corrected chi connectivity index (χ2v) is 5.46. The molecule has 2 aromatic rings.